The molecular formula is C30H52O25. The number of ether oxygens (including phenoxy) is 9. The van der Waals surface area contributed by atoms with Gasteiger partial charge in [-0.2, -0.15) is 0 Å². The van der Waals surface area contributed by atoms with Gasteiger partial charge >= 0.3 is 0 Å². The van der Waals surface area contributed by atoms with Crippen LogP contribution in [0, 0.1) is 0 Å². The first-order chi connectivity index (χ1) is 26.0. The van der Waals surface area contributed by atoms with Crippen molar-refractivity contribution in [3.05, 3.63) is 0 Å². The lowest BCUT2D eigenvalue weighted by atomic mass is 9.95. The third-order valence-electron chi connectivity index (χ3n) is 10.3. The molecule has 0 aromatic carbocycles. The quantitative estimate of drug-likeness (QED) is 0.0870. The fourth-order valence-corrected chi connectivity index (χ4v) is 6.93. The van der Waals surface area contributed by atoms with Gasteiger partial charge < -0.3 is 124 Å². The molecule has 5 fully saturated rings. The first-order valence-electron chi connectivity index (χ1n) is 17.5. The SMILES string of the molecule is C[C@@H]1O[C@H](O)[C@H](O)[C@H](O[C@@H]2O[C@H](CO)[C@@H](O)[C@H](O[C@@H]3O[C@H](CO)[C@@H](O)[C@H](O[C@@H]4O[C@H](CO)[C@@H](O)[C@H](O)[C@H]4O)[C@@H]3O[C@H]3O[C@H](CO)[C@@H](O)[C@H](O)[C@@H]3O)[C@@H]2O)[C@H]1O. The van der Waals surface area contributed by atoms with E-state index in [1.54, 1.807) is 0 Å². The maximum Gasteiger partial charge on any atom is 0.187 e. The summed E-state index contributed by atoms with van der Waals surface area (Å²) in [5.41, 5.74) is 0. The van der Waals surface area contributed by atoms with Gasteiger partial charge in [0.15, 0.2) is 31.5 Å². The molecule has 0 saturated carbocycles. The summed E-state index contributed by atoms with van der Waals surface area (Å²) in [6.45, 7) is -2.44. The average Bonchev–Trinajstić information content (AvgIpc) is 3.16. The molecule has 55 heavy (non-hydrogen) atoms. The minimum absolute atomic E-state index is 0.897. The summed E-state index contributed by atoms with van der Waals surface area (Å²) in [7, 11) is 0. The molecule has 5 saturated heterocycles. The van der Waals surface area contributed by atoms with Gasteiger partial charge in [0.05, 0.1) is 32.5 Å². The summed E-state index contributed by atoms with van der Waals surface area (Å²) in [5.74, 6) is 0. The molecule has 0 spiro atoms. The van der Waals surface area contributed by atoms with Gasteiger partial charge in [-0.3, -0.25) is 0 Å². The van der Waals surface area contributed by atoms with E-state index in [-0.39, 0.29) is 0 Å². The normalized spacial score (nSPS) is 53.9. The summed E-state index contributed by atoms with van der Waals surface area (Å²) < 4.78 is 50.3. The highest BCUT2D eigenvalue weighted by Gasteiger charge is 2.57. The molecule has 0 aromatic rings. The molecule has 0 aromatic heterocycles. The largest absolute Gasteiger partial charge is 0.394 e. The minimum atomic E-state index is -2.13. The highest BCUT2D eigenvalue weighted by Crippen LogP contribution is 2.37. The molecule has 5 aliphatic rings. The number of hydrogen-bond acceptors (Lipinski definition) is 25. The molecule has 25 heteroatoms. The van der Waals surface area contributed by atoms with E-state index in [9.17, 15) is 81.7 Å². The van der Waals surface area contributed by atoms with Crippen LogP contribution in [0.1, 0.15) is 6.92 Å². The first-order valence-corrected chi connectivity index (χ1v) is 17.5. The van der Waals surface area contributed by atoms with Gasteiger partial charge in [0.2, 0.25) is 0 Å². The predicted molar refractivity (Wildman–Crippen MR) is 165 cm³/mol. The topological polar surface area (TPSA) is 407 Å². The molecule has 0 amide bonds. The van der Waals surface area contributed by atoms with Crippen molar-refractivity contribution in [2.24, 2.45) is 0 Å². The Hall–Kier alpha value is -1.00. The third kappa shape index (κ3) is 9.11. The van der Waals surface area contributed by atoms with Crippen LogP contribution in [0.25, 0.3) is 0 Å². The van der Waals surface area contributed by atoms with Gasteiger partial charge in [-0.05, 0) is 6.92 Å². The van der Waals surface area contributed by atoms with Gasteiger partial charge in [0, 0.05) is 0 Å². The van der Waals surface area contributed by atoms with E-state index in [2.05, 4.69) is 0 Å². The van der Waals surface area contributed by atoms with Crippen LogP contribution in [0.4, 0.5) is 0 Å². The fraction of sp³-hybridized carbons (Fsp3) is 1.00. The molecule has 0 aliphatic carbocycles. The van der Waals surface area contributed by atoms with Crippen molar-refractivity contribution >= 4 is 0 Å². The zero-order valence-corrected chi connectivity index (χ0v) is 29.1. The smallest absolute Gasteiger partial charge is 0.187 e. The van der Waals surface area contributed by atoms with E-state index < -0.39 is 180 Å². The summed E-state index contributed by atoms with van der Waals surface area (Å²) in [4.78, 5) is 0. The number of rotatable bonds is 12. The van der Waals surface area contributed by atoms with E-state index in [4.69, 9.17) is 42.6 Å². The molecular weight excluding hydrogens is 760 g/mol. The third-order valence-corrected chi connectivity index (χ3v) is 10.3. The standard InChI is InChI=1S/C30H52O25/c1-6-11(35)22(20(44)26(46)47-6)52-29-21(45)23(14(38)9(4-33)50-29)53-30-25(55-28-19(43)17(41)13(37)8(3-32)49-28)24(15(39)10(5-34)51-30)54-27-18(42)16(40)12(36)7(2-31)48-27/h6-46H,2-5H2,1H3/t6-,7+,8+,9+,10+,11-,12+,13+,14+,15+,16-,17-,18+,19-,20+,21-,22+,23-,24-,25-,26-,27-,28+,29-,30-/m0/s1. The van der Waals surface area contributed by atoms with Crippen LogP contribution in [0.3, 0.4) is 0 Å². The van der Waals surface area contributed by atoms with Crippen LogP contribution in [0.15, 0.2) is 0 Å². The van der Waals surface area contributed by atoms with Crippen molar-refractivity contribution in [1.82, 2.24) is 0 Å². The van der Waals surface area contributed by atoms with Crippen LogP contribution >= 0.6 is 0 Å². The van der Waals surface area contributed by atoms with Crippen molar-refractivity contribution in [2.45, 2.75) is 160 Å². The Balaban J connectivity index is 1.49. The lowest BCUT2D eigenvalue weighted by molar-refractivity contribution is -0.409. The first kappa shape index (κ1) is 45.1. The molecule has 322 valence electrons. The predicted octanol–water partition coefficient (Wildman–Crippen LogP) is -10.9. The van der Waals surface area contributed by atoms with Crippen LogP contribution in [-0.4, -0.2) is 262 Å². The highest BCUT2D eigenvalue weighted by molar-refractivity contribution is 4.99. The second kappa shape index (κ2) is 18.9. The van der Waals surface area contributed by atoms with Crippen LogP contribution in [-0.2, 0) is 42.6 Å². The van der Waals surface area contributed by atoms with Gasteiger partial charge in [0.25, 0.3) is 0 Å². The van der Waals surface area contributed by atoms with Crippen LogP contribution in [0.5, 0.6) is 0 Å². The maximum absolute atomic E-state index is 11.4. The summed E-state index contributed by atoms with van der Waals surface area (Å²) in [6, 6.07) is 0. The Morgan fingerprint density at radius 1 is 0.327 bits per heavy atom. The summed E-state index contributed by atoms with van der Waals surface area (Å²) in [6.07, 6.45) is -46.7. The van der Waals surface area contributed by atoms with E-state index >= 15 is 0 Å². The van der Waals surface area contributed by atoms with E-state index in [1.807, 2.05) is 0 Å². The molecule has 25 nitrogen and oxygen atoms in total. The van der Waals surface area contributed by atoms with E-state index in [1.165, 1.54) is 6.92 Å². The number of hydrogen-bond donors (Lipinski definition) is 16. The van der Waals surface area contributed by atoms with Gasteiger partial charge in [-0.25, -0.2) is 0 Å². The summed E-state index contributed by atoms with van der Waals surface area (Å²) in [5, 5.41) is 168. The van der Waals surface area contributed by atoms with Crippen molar-refractivity contribution in [2.75, 3.05) is 26.4 Å². The Morgan fingerprint density at radius 2 is 0.673 bits per heavy atom. The highest BCUT2D eigenvalue weighted by atomic mass is 16.8. The Labute approximate surface area is 311 Å². The van der Waals surface area contributed by atoms with E-state index in [0.717, 1.165) is 0 Å². The molecule has 0 bridgehead atoms. The Morgan fingerprint density at radius 3 is 1.15 bits per heavy atom. The average molecular weight is 813 g/mol. The molecule has 0 unspecified atom stereocenters. The zero-order chi connectivity index (χ0) is 40.6. The zero-order valence-electron chi connectivity index (χ0n) is 29.1. The molecule has 5 heterocycles. The van der Waals surface area contributed by atoms with Crippen molar-refractivity contribution in [3.8, 4) is 0 Å². The fourth-order valence-electron chi connectivity index (χ4n) is 6.93. The summed E-state index contributed by atoms with van der Waals surface area (Å²) >= 11 is 0. The molecule has 5 rings (SSSR count). The van der Waals surface area contributed by atoms with Crippen molar-refractivity contribution in [3.63, 3.8) is 0 Å². The second-order valence-corrected chi connectivity index (χ2v) is 13.9. The lowest BCUT2D eigenvalue weighted by Gasteiger charge is -2.51. The van der Waals surface area contributed by atoms with Gasteiger partial charge in [-0.15, -0.1) is 0 Å². The Kier molecular flexibility index (Phi) is 15.5. The molecule has 5 aliphatic heterocycles. The lowest BCUT2D eigenvalue weighted by Crippen LogP contribution is -2.69. The van der Waals surface area contributed by atoms with Crippen molar-refractivity contribution < 1.29 is 124 Å². The number of aliphatic hydroxyl groups excluding tert-OH is 16. The molecule has 0 radical (unpaired) electrons. The van der Waals surface area contributed by atoms with Gasteiger partial charge in [0.1, 0.15) is 116 Å². The van der Waals surface area contributed by atoms with Gasteiger partial charge in [-0.1, -0.05) is 0 Å². The molecule has 16 N–H and O–H groups in total. The van der Waals surface area contributed by atoms with Crippen LogP contribution < -0.4 is 0 Å². The molecule has 25 atom stereocenters. The monoisotopic (exact) mass is 812 g/mol. The maximum atomic E-state index is 11.4. The number of aliphatic hydroxyl groups is 16. The second-order valence-electron chi connectivity index (χ2n) is 13.9. The minimum Gasteiger partial charge on any atom is -0.394 e. The van der Waals surface area contributed by atoms with E-state index in [0.29, 0.717) is 0 Å². The Bertz CT molecular complexity index is 1170. The van der Waals surface area contributed by atoms with Crippen LogP contribution in [0.2, 0.25) is 0 Å². The van der Waals surface area contributed by atoms with Crippen molar-refractivity contribution in [1.29, 1.82) is 0 Å².